The van der Waals surface area contributed by atoms with Crippen LogP contribution in [0.2, 0.25) is 0 Å². The second-order valence-corrected chi connectivity index (χ2v) is 13.0. The molecule has 1 aromatic rings. The van der Waals surface area contributed by atoms with Crippen LogP contribution >= 0.6 is 8.60 Å². The van der Waals surface area contributed by atoms with E-state index < -0.39 is 8.60 Å². The maximum Gasteiger partial charge on any atom is 0.324 e. The van der Waals surface area contributed by atoms with Crippen LogP contribution in [0.25, 0.3) is 0 Å². The minimum Gasteiger partial charge on any atom is -0.508 e. The number of hydrogen-bond donors (Lipinski definition) is 4. The van der Waals surface area contributed by atoms with Crippen molar-refractivity contribution in [3.05, 3.63) is 28.8 Å². The molecule has 0 bridgehead atoms. The van der Waals surface area contributed by atoms with E-state index in [-0.39, 0.29) is 0 Å². The van der Waals surface area contributed by atoms with Gasteiger partial charge in [0.1, 0.15) is 5.75 Å². The Kier molecular flexibility index (Phi) is 23.7. The summed E-state index contributed by atoms with van der Waals surface area (Å²) >= 11 is 0. The summed E-state index contributed by atoms with van der Waals surface area (Å²) in [5.74, 6) is 3.03. The van der Waals surface area contributed by atoms with Gasteiger partial charge in [0.05, 0.1) is 0 Å². The lowest BCUT2D eigenvalue weighted by Gasteiger charge is -2.17. The summed E-state index contributed by atoms with van der Waals surface area (Å²) in [6, 6.07) is 4.23. The molecule has 0 radical (unpaired) electrons. The quantitative estimate of drug-likeness (QED) is 0.0900. The molecule has 0 amide bonds. The Bertz CT molecular complexity index is 670. The number of unbranched alkanes of at least 4 members (excludes halogenated alkanes) is 9. The van der Waals surface area contributed by atoms with Gasteiger partial charge in [-0.15, -0.1) is 0 Å². The number of phenols is 1. The van der Waals surface area contributed by atoms with Gasteiger partial charge in [-0.1, -0.05) is 125 Å². The topological polar surface area (TPSA) is 80.9 Å². The van der Waals surface area contributed by atoms with E-state index in [2.05, 4.69) is 47.6 Å². The molecular formula is C33H63O4P. The molecule has 0 unspecified atom stereocenters. The van der Waals surface area contributed by atoms with Gasteiger partial charge in [-0.3, -0.25) is 0 Å². The zero-order chi connectivity index (χ0) is 28.8. The molecule has 0 atom stereocenters. The van der Waals surface area contributed by atoms with Crippen molar-refractivity contribution in [2.75, 3.05) is 0 Å². The molecular weight excluding hydrogens is 491 g/mol. The highest BCUT2D eigenvalue weighted by Gasteiger charge is 2.13. The summed E-state index contributed by atoms with van der Waals surface area (Å²) < 4.78 is 0. The van der Waals surface area contributed by atoms with Crippen LogP contribution in [0.15, 0.2) is 12.1 Å². The molecule has 0 saturated heterocycles. The van der Waals surface area contributed by atoms with Gasteiger partial charge in [-0.25, -0.2) is 0 Å². The van der Waals surface area contributed by atoms with Crippen LogP contribution in [0.5, 0.6) is 5.75 Å². The van der Waals surface area contributed by atoms with Gasteiger partial charge in [0.2, 0.25) is 0 Å². The Labute approximate surface area is 237 Å². The molecule has 224 valence electrons. The second kappa shape index (κ2) is 24.2. The van der Waals surface area contributed by atoms with E-state index in [4.69, 9.17) is 14.7 Å². The molecule has 4 N–H and O–H groups in total. The number of aromatic hydroxyl groups is 1. The Morgan fingerprint density at radius 3 is 1.24 bits per heavy atom. The average molecular weight is 555 g/mol. The molecule has 0 aromatic heterocycles. The Morgan fingerprint density at radius 2 is 0.842 bits per heavy atom. The maximum absolute atomic E-state index is 10.8. The predicted octanol–water partition coefficient (Wildman–Crippen LogP) is 10.0. The zero-order valence-corrected chi connectivity index (χ0v) is 26.7. The maximum atomic E-state index is 10.8. The van der Waals surface area contributed by atoms with E-state index in [0.29, 0.717) is 5.75 Å². The summed E-state index contributed by atoms with van der Waals surface area (Å²) in [6.45, 7) is 14.0. The van der Waals surface area contributed by atoms with Gasteiger partial charge in [-0.2, -0.15) is 0 Å². The van der Waals surface area contributed by atoms with Crippen molar-refractivity contribution in [3.63, 3.8) is 0 Å². The first-order valence-electron chi connectivity index (χ1n) is 15.7. The normalized spacial score (nSPS) is 11.6. The first kappa shape index (κ1) is 37.3. The molecule has 0 aliphatic carbocycles. The summed E-state index contributed by atoms with van der Waals surface area (Å²) in [5.41, 5.74) is 4.32. The van der Waals surface area contributed by atoms with Crippen LogP contribution in [-0.4, -0.2) is 19.8 Å². The lowest BCUT2D eigenvalue weighted by molar-refractivity contribution is 0.368. The Hall–Kier alpha value is -0.670. The molecule has 0 spiro atoms. The van der Waals surface area contributed by atoms with Gasteiger partial charge < -0.3 is 19.8 Å². The van der Waals surface area contributed by atoms with Crippen molar-refractivity contribution in [2.45, 2.75) is 157 Å². The molecule has 0 aliphatic heterocycles. The number of phenolic OH excluding ortho intramolecular Hbond substituents is 1. The van der Waals surface area contributed by atoms with E-state index in [1.807, 2.05) is 6.07 Å². The third-order valence-electron chi connectivity index (χ3n) is 7.40. The van der Waals surface area contributed by atoms with Gasteiger partial charge in [0, 0.05) is 0 Å². The first-order chi connectivity index (χ1) is 18.0. The Balaban J connectivity index is 0.00000318. The third kappa shape index (κ3) is 22.2. The van der Waals surface area contributed by atoms with Crippen molar-refractivity contribution < 1.29 is 19.8 Å². The van der Waals surface area contributed by atoms with Crippen LogP contribution in [0.1, 0.15) is 155 Å². The van der Waals surface area contributed by atoms with E-state index in [0.717, 1.165) is 30.6 Å². The van der Waals surface area contributed by atoms with Crippen molar-refractivity contribution in [1.29, 1.82) is 0 Å². The van der Waals surface area contributed by atoms with Crippen LogP contribution < -0.4 is 0 Å². The monoisotopic (exact) mass is 554 g/mol. The average Bonchev–Trinajstić information content (AvgIpc) is 2.81. The Morgan fingerprint density at radius 1 is 0.500 bits per heavy atom. The first-order valence-corrected chi connectivity index (χ1v) is 16.9. The smallest absolute Gasteiger partial charge is 0.324 e. The molecule has 0 heterocycles. The third-order valence-corrected chi connectivity index (χ3v) is 7.40. The van der Waals surface area contributed by atoms with E-state index in [1.54, 1.807) is 0 Å². The summed E-state index contributed by atoms with van der Waals surface area (Å²) in [7, 11) is -2.62. The zero-order valence-electron chi connectivity index (χ0n) is 25.9. The number of aryl methyl sites for hydroxylation is 1. The minimum absolute atomic E-state index is 0.553. The van der Waals surface area contributed by atoms with Crippen molar-refractivity contribution in [2.24, 2.45) is 17.8 Å². The summed E-state index contributed by atoms with van der Waals surface area (Å²) in [4.78, 5) is 21.7. The van der Waals surface area contributed by atoms with Crippen molar-refractivity contribution in [1.82, 2.24) is 0 Å². The van der Waals surface area contributed by atoms with E-state index in [1.165, 1.54) is 119 Å². The van der Waals surface area contributed by atoms with Gasteiger partial charge in [0.25, 0.3) is 0 Å². The fourth-order valence-corrected chi connectivity index (χ4v) is 5.19. The SMILES string of the molecule is CC(C)CCCCCCc1ccc(O)c(CCCCCCC(C)C)c1CCCCCCC(C)C.OP(O)O. The lowest BCUT2D eigenvalue weighted by atomic mass is 9.89. The van der Waals surface area contributed by atoms with Crippen LogP contribution in [0.4, 0.5) is 0 Å². The van der Waals surface area contributed by atoms with E-state index in [9.17, 15) is 5.11 Å². The molecule has 4 nitrogen and oxygen atoms in total. The lowest BCUT2D eigenvalue weighted by Crippen LogP contribution is -2.03. The summed E-state index contributed by atoms with van der Waals surface area (Å²) in [6.07, 6.45) is 23.3. The van der Waals surface area contributed by atoms with Gasteiger partial charge in [0.15, 0.2) is 0 Å². The minimum atomic E-state index is -2.62. The molecule has 1 rings (SSSR count). The van der Waals surface area contributed by atoms with Crippen LogP contribution in [-0.2, 0) is 19.3 Å². The van der Waals surface area contributed by atoms with Crippen LogP contribution in [0, 0.1) is 17.8 Å². The fourth-order valence-electron chi connectivity index (χ4n) is 5.19. The van der Waals surface area contributed by atoms with Crippen molar-refractivity contribution >= 4 is 8.60 Å². The van der Waals surface area contributed by atoms with Gasteiger partial charge >= 0.3 is 8.60 Å². The molecule has 5 heteroatoms. The highest BCUT2D eigenvalue weighted by Crippen LogP contribution is 2.30. The second-order valence-electron chi connectivity index (χ2n) is 12.5. The highest BCUT2D eigenvalue weighted by atomic mass is 31.2. The molecule has 1 aromatic carbocycles. The molecule has 0 aliphatic rings. The van der Waals surface area contributed by atoms with Crippen molar-refractivity contribution in [3.8, 4) is 5.75 Å². The standard InChI is InChI=1S/C33H60O.H3O3P/c1-27(2)19-13-7-10-16-22-30-25-26-33(34)32(24-18-12-9-15-21-29(5)6)31(30)23-17-11-8-14-20-28(3)4;1-4(2)3/h25-29,34H,7-24H2,1-6H3;1-3H. The highest BCUT2D eigenvalue weighted by molar-refractivity contribution is 7.38. The fraction of sp³-hybridized carbons (Fsp3) is 0.818. The number of hydrogen-bond acceptors (Lipinski definition) is 4. The van der Waals surface area contributed by atoms with E-state index >= 15 is 0 Å². The number of benzene rings is 1. The predicted molar refractivity (Wildman–Crippen MR) is 167 cm³/mol. The molecule has 0 fully saturated rings. The summed E-state index contributed by atoms with van der Waals surface area (Å²) in [5, 5.41) is 10.8. The largest absolute Gasteiger partial charge is 0.508 e. The molecule has 38 heavy (non-hydrogen) atoms. The van der Waals surface area contributed by atoms with Gasteiger partial charge in [-0.05, 0) is 79.0 Å². The van der Waals surface area contributed by atoms with Crippen LogP contribution in [0.3, 0.4) is 0 Å². The number of rotatable bonds is 21. The molecule has 0 saturated carbocycles.